The van der Waals surface area contributed by atoms with Gasteiger partial charge in [0.25, 0.3) is 0 Å². The summed E-state index contributed by atoms with van der Waals surface area (Å²) in [7, 11) is 2.05. The molecule has 1 rings (SSSR count). The first-order valence-electron chi connectivity index (χ1n) is 4.59. The fourth-order valence-electron chi connectivity index (χ4n) is 1.28. The van der Waals surface area contributed by atoms with Crippen LogP contribution in [0.4, 0.5) is 0 Å². The van der Waals surface area contributed by atoms with Crippen LogP contribution in [0.5, 0.6) is 0 Å². The minimum absolute atomic E-state index is 1.00. The molecule has 0 atom stereocenters. The predicted octanol–water partition coefficient (Wildman–Crippen LogP) is 2.03. The number of hydrogen-bond acceptors (Lipinski definition) is 3. The Bertz CT molecular complexity index is 259. The first kappa shape index (κ1) is 11.8. The van der Waals surface area contributed by atoms with Gasteiger partial charge in [0.1, 0.15) is 0 Å². The van der Waals surface area contributed by atoms with Gasteiger partial charge in [-0.15, -0.1) is 12.6 Å². The molecule has 4 heteroatoms. The zero-order valence-corrected chi connectivity index (χ0v) is 10.6. The van der Waals surface area contributed by atoms with Crippen LogP contribution in [0.15, 0.2) is 29.2 Å². The van der Waals surface area contributed by atoms with Crippen LogP contribution in [0.1, 0.15) is 5.56 Å². The maximum atomic E-state index is 5.25. The van der Waals surface area contributed by atoms with Crippen LogP contribution in [-0.4, -0.2) is 23.5 Å². The molecule has 0 fully saturated rings. The molecule has 0 bridgehead atoms. The van der Waals surface area contributed by atoms with Crippen molar-refractivity contribution < 1.29 is 8.85 Å². The van der Waals surface area contributed by atoms with Gasteiger partial charge < -0.3 is 8.85 Å². The average molecular weight is 228 g/mol. The van der Waals surface area contributed by atoms with Gasteiger partial charge in [-0.05, 0) is 30.2 Å². The summed E-state index contributed by atoms with van der Waals surface area (Å²) in [6, 6.07) is 9.22. The largest absolute Gasteiger partial charge is 0.400 e. The lowest BCUT2D eigenvalue weighted by Gasteiger charge is -2.10. The van der Waals surface area contributed by atoms with Crippen LogP contribution in [0.3, 0.4) is 0 Å². The van der Waals surface area contributed by atoms with Gasteiger partial charge in [0, 0.05) is 19.1 Å². The van der Waals surface area contributed by atoms with Crippen LogP contribution in [0, 0.1) is 0 Å². The molecule has 2 nitrogen and oxygen atoms in total. The van der Waals surface area contributed by atoms with Crippen LogP contribution in [0.2, 0.25) is 6.04 Å². The molecule has 0 saturated heterocycles. The summed E-state index contributed by atoms with van der Waals surface area (Å²) in [4.78, 5) is 1.00. The average Bonchev–Trinajstić information content (AvgIpc) is 2.22. The lowest BCUT2D eigenvalue weighted by atomic mass is 10.2. The number of rotatable bonds is 5. The van der Waals surface area contributed by atoms with E-state index < -0.39 is 9.28 Å². The monoisotopic (exact) mass is 228 g/mol. The van der Waals surface area contributed by atoms with Crippen molar-refractivity contribution in [2.75, 3.05) is 14.2 Å². The minimum atomic E-state index is -1.39. The maximum absolute atomic E-state index is 5.25. The van der Waals surface area contributed by atoms with E-state index in [-0.39, 0.29) is 0 Å². The number of thiol groups is 1. The molecule has 0 aliphatic carbocycles. The summed E-state index contributed by atoms with van der Waals surface area (Å²) in [6.45, 7) is 0. The third kappa shape index (κ3) is 3.83. The van der Waals surface area contributed by atoms with Crippen molar-refractivity contribution in [1.82, 2.24) is 0 Å². The van der Waals surface area contributed by atoms with E-state index in [2.05, 4.69) is 24.8 Å². The minimum Gasteiger partial charge on any atom is -0.400 e. The van der Waals surface area contributed by atoms with Crippen molar-refractivity contribution in [3.63, 3.8) is 0 Å². The molecule has 0 aromatic heterocycles. The van der Waals surface area contributed by atoms with Gasteiger partial charge in [-0.25, -0.2) is 0 Å². The summed E-state index contributed by atoms with van der Waals surface area (Å²) in [5.41, 5.74) is 1.31. The van der Waals surface area contributed by atoms with E-state index in [9.17, 15) is 0 Å². The SMILES string of the molecule is CO[SiH](CCc1ccc(S)cc1)OC. The van der Waals surface area contributed by atoms with Crippen molar-refractivity contribution in [1.29, 1.82) is 0 Å². The predicted molar refractivity (Wildman–Crippen MR) is 63.4 cm³/mol. The van der Waals surface area contributed by atoms with Gasteiger partial charge in [0.15, 0.2) is 0 Å². The zero-order chi connectivity index (χ0) is 10.4. The third-order valence-electron chi connectivity index (χ3n) is 2.13. The Balaban J connectivity index is 2.41. The van der Waals surface area contributed by atoms with Crippen molar-refractivity contribution in [2.45, 2.75) is 17.4 Å². The summed E-state index contributed by atoms with van der Waals surface area (Å²) in [6.07, 6.45) is 1.02. The smallest absolute Gasteiger partial charge is 0.321 e. The Labute approximate surface area is 92.5 Å². The lowest BCUT2D eigenvalue weighted by molar-refractivity contribution is 0.277. The molecule has 0 aliphatic rings. The van der Waals surface area contributed by atoms with Crippen molar-refractivity contribution in [3.8, 4) is 0 Å². The number of benzene rings is 1. The first-order chi connectivity index (χ1) is 6.76. The molecule has 0 saturated carbocycles. The van der Waals surface area contributed by atoms with Gasteiger partial charge in [-0.2, -0.15) is 0 Å². The van der Waals surface area contributed by atoms with Crippen molar-refractivity contribution in [3.05, 3.63) is 29.8 Å². The van der Waals surface area contributed by atoms with Crippen LogP contribution < -0.4 is 0 Å². The summed E-state index contributed by atoms with van der Waals surface area (Å²) >= 11 is 4.24. The van der Waals surface area contributed by atoms with E-state index in [0.717, 1.165) is 17.4 Å². The molecule has 0 spiro atoms. The number of hydrogen-bond donors (Lipinski definition) is 1. The van der Waals surface area contributed by atoms with Crippen molar-refractivity contribution >= 4 is 21.9 Å². The third-order valence-corrected chi connectivity index (χ3v) is 4.24. The Morgan fingerprint density at radius 2 is 1.71 bits per heavy atom. The van der Waals surface area contributed by atoms with Gasteiger partial charge in [0.05, 0.1) is 0 Å². The molecule has 0 radical (unpaired) electrons. The molecule has 1 aromatic rings. The molecular weight excluding hydrogens is 212 g/mol. The van der Waals surface area contributed by atoms with Gasteiger partial charge >= 0.3 is 9.28 Å². The second kappa shape index (κ2) is 6.24. The van der Waals surface area contributed by atoms with E-state index >= 15 is 0 Å². The standard InChI is InChI=1S/C10H16O2SSi/c1-11-14(12-2)8-7-9-3-5-10(13)6-4-9/h3-6,13-14H,7-8H2,1-2H3. The number of aryl methyl sites for hydroxylation is 1. The summed E-state index contributed by atoms with van der Waals surface area (Å²) < 4.78 is 10.5. The molecule has 0 N–H and O–H groups in total. The Morgan fingerprint density at radius 3 is 2.21 bits per heavy atom. The molecule has 0 amide bonds. The van der Waals surface area contributed by atoms with E-state index in [1.54, 1.807) is 14.2 Å². The Kier molecular flexibility index (Phi) is 5.25. The first-order valence-corrected chi connectivity index (χ1v) is 6.80. The molecule has 0 heterocycles. The normalized spacial score (nSPS) is 10.9. The maximum Gasteiger partial charge on any atom is 0.321 e. The molecule has 0 unspecified atom stereocenters. The second-order valence-electron chi connectivity index (χ2n) is 3.11. The van der Waals surface area contributed by atoms with Crippen molar-refractivity contribution in [2.24, 2.45) is 0 Å². The second-order valence-corrected chi connectivity index (χ2v) is 6.00. The van der Waals surface area contributed by atoms with E-state index in [1.807, 2.05) is 12.1 Å². The highest BCUT2D eigenvalue weighted by Gasteiger charge is 2.08. The van der Waals surface area contributed by atoms with Gasteiger partial charge in [0.2, 0.25) is 0 Å². The zero-order valence-electron chi connectivity index (χ0n) is 8.56. The Morgan fingerprint density at radius 1 is 1.14 bits per heavy atom. The molecule has 1 aromatic carbocycles. The van der Waals surface area contributed by atoms with Gasteiger partial charge in [-0.3, -0.25) is 0 Å². The van der Waals surface area contributed by atoms with Gasteiger partial charge in [-0.1, -0.05) is 12.1 Å². The lowest BCUT2D eigenvalue weighted by Crippen LogP contribution is -2.19. The fourth-order valence-corrected chi connectivity index (χ4v) is 2.66. The summed E-state index contributed by atoms with van der Waals surface area (Å²) in [5.74, 6) is 0. The van der Waals surface area contributed by atoms with E-state index in [1.165, 1.54) is 5.56 Å². The molecule has 0 aliphatic heterocycles. The highest BCUT2D eigenvalue weighted by atomic mass is 32.1. The quantitative estimate of drug-likeness (QED) is 0.614. The highest BCUT2D eigenvalue weighted by Crippen LogP contribution is 2.10. The Hall–Kier alpha value is -0.293. The molecule has 14 heavy (non-hydrogen) atoms. The fraction of sp³-hybridized carbons (Fsp3) is 0.400. The molecular formula is C10H16O2SSi. The molecule has 78 valence electrons. The highest BCUT2D eigenvalue weighted by molar-refractivity contribution is 7.80. The van der Waals surface area contributed by atoms with Crippen LogP contribution in [-0.2, 0) is 15.3 Å². The van der Waals surface area contributed by atoms with Crippen LogP contribution in [0.25, 0.3) is 0 Å². The van der Waals surface area contributed by atoms with Crippen LogP contribution >= 0.6 is 12.6 Å². The topological polar surface area (TPSA) is 18.5 Å². The summed E-state index contributed by atoms with van der Waals surface area (Å²) in [5, 5.41) is 0. The van der Waals surface area contributed by atoms with E-state index in [4.69, 9.17) is 8.85 Å². The van der Waals surface area contributed by atoms with E-state index in [0.29, 0.717) is 0 Å².